The molecule has 2 aliphatic rings. The van der Waals surface area contributed by atoms with Gasteiger partial charge in [0.15, 0.2) is 0 Å². The Hall–Kier alpha value is -5.10. The Bertz CT molecular complexity index is 1690. The van der Waals surface area contributed by atoms with E-state index in [0.717, 1.165) is 67.1 Å². The van der Waals surface area contributed by atoms with Crippen molar-refractivity contribution in [3.05, 3.63) is 108 Å². The Morgan fingerprint density at radius 2 is 1.03 bits per heavy atom. The van der Waals surface area contributed by atoms with Gasteiger partial charge in [0.1, 0.15) is 0 Å². The lowest BCUT2D eigenvalue weighted by atomic mass is 10.1. The third kappa shape index (κ3) is 3.61. The monoisotopic (exact) mass is 464 g/mol. The number of aromatic amines is 2. The zero-order chi connectivity index (χ0) is 23.9. The molecule has 6 heteroatoms. The van der Waals surface area contributed by atoms with E-state index in [-0.39, 0.29) is 0 Å². The van der Waals surface area contributed by atoms with Crippen LogP contribution in [0.4, 0.5) is 0 Å². The molecule has 2 N–H and O–H groups in total. The number of aromatic nitrogens is 6. The molecule has 5 aromatic rings. The van der Waals surface area contributed by atoms with Crippen molar-refractivity contribution in [1.82, 2.24) is 29.9 Å². The van der Waals surface area contributed by atoms with E-state index in [2.05, 4.69) is 80.6 Å². The Kier molecular flexibility index (Phi) is 4.67. The standard InChI is InChI=1S/C30H20N6/c1-3-19(17-31-13-1)29-25-9-5-21(33-25)15-23-7-11-27(35-23)30(20-4-2-14-32-18-20)28-12-8-24(36-28)16-22-6-10-26(29)34-22/h1-18,33,36H. The molecule has 0 saturated carbocycles. The summed E-state index contributed by atoms with van der Waals surface area (Å²) in [5.41, 5.74) is 11.4. The first kappa shape index (κ1) is 20.3. The summed E-state index contributed by atoms with van der Waals surface area (Å²) < 4.78 is 0. The van der Waals surface area contributed by atoms with E-state index >= 15 is 0 Å². The molecule has 0 fully saturated rings. The molecule has 5 aromatic heterocycles. The lowest BCUT2D eigenvalue weighted by molar-refractivity contribution is 1.29. The minimum atomic E-state index is 0.877. The Morgan fingerprint density at radius 1 is 0.528 bits per heavy atom. The smallest absolute Gasteiger partial charge is 0.0737 e. The average molecular weight is 465 g/mol. The van der Waals surface area contributed by atoms with Crippen molar-refractivity contribution in [3.8, 4) is 22.3 Å². The number of nitrogens with zero attached hydrogens (tertiary/aromatic N) is 4. The molecule has 0 aliphatic carbocycles. The van der Waals surface area contributed by atoms with E-state index in [0.29, 0.717) is 0 Å². The van der Waals surface area contributed by atoms with Gasteiger partial charge in [-0.15, -0.1) is 0 Å². The second-order valence-corrected chi connectivity index (χ2v) is 8.69. The van der Waals surface area contributed by atoms with Gasteiger partial charge in [-0.05, 0) is 72.8 Å². The molecular weight excluding hydrogens is 444 g/mol. The van der Waals surface area contributed by atoms with Crippen molar-refractivity contribution in [2.45, 2.75) is 0 Å². The zero-order valence-corrected chi connectivity index (χ0v) is 19.2. The predicted molar refractivity (Wildman–Crippen MR) is 145 cm³/mol. The van der Waals surface area contributed by atoms with Crippen molar-refractivity contribution < 1.29 is 0 Å². The van der Waals surface area contributed by atoms with Crippen molar-refractivity contribution in [2.75, 3.05) is 0 Å². The highest BCUT2D eigenvalue weighted by molar-refractivity contribution is 5.92. The highest BCUT2D eigenvalue weighted by atomic mass is 14.8. The number of pyridine rings is 2. The molecule has 170 valence electrons. The summed E-state index contributed by atoms with van der Waals surface area (Å²) in [5.74, 6) is 0. The fourth-order valence-electron chi connectivity index (χ4n) is 4.70. The van der Waals surface area contributed by atoms with Gasteiger partial charge >= 0.3 is 0 Å². The van der Waals surface area contributed by atoms with Crippen LogP contribution in [0.25, 0.3) is 68.6 Å². The molecule has 6 nitrogen and oxygen atoms in total. The summed E-state index contributed by atoms with van der Waals surface area (Å²) in [6.07, 6.45) is 15.5. The molecule has 2 aliphatic heterocycles. The lowest BCUT2D eigenvalue weighted by Crippen LogP contribution is -1.86. The molecule has 0 atom stereocenters. The minimum Gasteiger partial charge on any atom is -0.355 e. The quantitative estimate of drug-likeness (QED) is 0.295. The van der Waals surface area contributed by atoms with Crippen molar-refractivity contribution in [2.24, 2.45) is 0 Å². The van der Waals surface area contributed by atoms with Crippen LogP contribution in [0.2, 0.25) is 0 Å². The summed E-state index contributed by atoms with van der Waals surface area (Å²) in [5, 5.41) is 0. The first-order chi connectivity index (χ1) is 17.8. The predicted octanol–water partition coefficient (Wildman–Crippen LogP) is 6.78. The number of hydrogen-bond donors (Lipinski definition) is 2. The number of hydrogen-bond acceptors (Lipinski definition) is 4. The van der Waals surface area contributed by atoms with E-state index in [1.54, 1.807) is 12.4 Å². The maximum absolute atomic E-state index is 4.95. The molecule has 8 bridgehead atoms. The van der Waals surface area contributed by atoms with Crippen molar-refractivity contribution >= 4 is 46.4 Å². The van der Waals surface area contributed by atoms with Gasteiger partial charge in [0.05, 0.1) is 22.8 Å². The molecule has 0 saturated heterocycles. The third-order valence-corrected chi connectivity index (χ3v) is 6.30. The average Bonchev–Trinajstić information content (AvgIpc) is 3.72. The van der Waals surface area contributed by atoms with E-state index < -0.39 is 0 Å². The fourth-order valence-corrected chi connectivity index (χ4v) is 4.70. The molecule has 36 heavy (non-hydrogen) atoms. The van der Waals surface area contributed by atoms with Crippen LogP contribution in [0.1, 0.15) is 22.8 Å². The minimum absolute atomic E-state index is 0.877. The van der Waals surface area contributed by atoms with Crippen LogP contribution in [-0.4, -0.2) is 29.9 Å². The number of fused-ring (bicyclic) bond motifs is 8. The second-order valence-electron chi connectivity index (χ2n) is 8.69. The van der Waals surface area contributed by atoms with Crippen LogP contribution in [0.3, 0.4) is 0 Å². The Morgan fingerprint density at radius 3 is 1.47 bits per heavy atom. The normalized spacial score (nSPS) is 12.2. The molecule has 0 radical (unpaired) electrons. The summed E-state index contributed by atoms with van der Waals surface area (Å²) in [7, 11) is 0. The van der Waals surface area contributed by atoms with E-state index in [1.807, 2.05) is 36.7 Å². The summed E-state index contributed by atoms with van der Waals surface area (Å²) in [4.78, 5) is 25.7. The van der Waals surface area contributed by atoms with E-state index in [1.165, 1.54) is 0 Å². The highest BCUT2D eigenvalue weighted by Crippen LogP contribution is 2.31. The van der Waals surface area contributed by atoms with Crippen LogP contribution in [0.15, 0.2) is 85.5 Å². The van der Waals surface area contributed by atoms with Gasteiger partial charge in [-0.2, -0.15) is 0 Å². The van der Waals surface area contributed by atoms with E-state index in [9.17, 15) is 0 Å². The van der Waals surface area contributed by atoms with Crippen LogP contribution in [0.5, 0.6) is 0 Å². The van der Waals surface area contributed by atoms with Gasteiger partial charge in [0.25, 0.3) is 0 Å². The van der Waals surface area contributed by atoms with Gasteiger partial charge in [0.2, 0.25) is 0 Å². The molecule has 0 amide bonds. The van der Waals surface area contributed by atoms with Crippen molar-refractivity contribution in [1.29, 1.82) is 0 Å². The Balaban J connectivity index is 1.58. The molecular formula is C30H20N6. The van der Waals surface area contributed by atoms with Crippen LogP contribution in [-0.2, 0) is 0 Å². The molecule has 0 spiro atoms. The SMILES string of the molecule is C1=Cc2nc1cc1ccc([nH]1)c(-c1cccnc1)c1nc(cc3ccc([nH]3)c2-c2cccnc2)C=C1. The van der Waals surface area contributed by atoms with Gasteiger partial charge in [-0.1, -0.05) is 12.1 Å². The van der Waals surface area contributed by atoms with Crippen molar-refractivity contribution in [3.63, 3.8) is 0 Å². The maximum Gasteiger partial charge on any atom is 0.0737 e. The highest BCUT2D eigenvalue weighted by Gasteiger charge is 2.13. The number of rotatable bonds is 2. The third-order valence-electron chi connectivity index (χ3n) is 6.30. The largest absolute Gasteiger partial charge is 0.355 e. The number of H-pyrrole nitrogens is 2. The summed E-state index contributed by atoms with van der Waals surface area (Å²) in [6.45, 7) is 0. The second kappa shape index (κ2) is 8.29. The maximum atomic E-state index is 4.95. The number of nitrogens with one attached hydrogen (secondary N) is 2. The molecule has 7 heterocycles. The summed E-state index contributed by atoms with van der Waals surface area (Å²) in [6, 6.07) is 20.4. The lowest BCUT2D eigenvalue weighted by Gasteiger charge is -2.03. The Labute approximate surface area is 206 Å². The van der Waals surface area contributed by atoms with Gasteiger partial charge in [-0.25, -0.2) is 9.97 Å². The molecule has 0 aromatic carbocycles. The zero-order valence-electron chi connectivity index (χ0n) is 19.2. The van der Waals surface area contributed by atoms with Crippen LogP contribution < -0.4 is 0 Å². The van der Waals surface area contributed by atoms with E-state index in [4.69, 9.17) is 9.97 Å². The first-order valence-electron chi connectivity index (χ1n) is 11.7. The van der Waals surface area contributed by atoms with Gasteiger partial charge < -0.3 is 9.97 Å². The molecule has 7 rings (SSSR count). The van der Waals surface area contributed by atoms with Crippen LogP contribution in [0, 0.1) is 0 Å². The summed E-state index contributed by atoms with van der Waals surface area (Å²) >= 11 is 0. The molecule has 0 unspecified atom stereocenters. The fraction of sp³-hybridized carbons (Fsp3) is 0. The topological polar surface area (TPSA) is 83.1 Å². The van der Waals surface area contributed by atoms with Crippen LogP contribution >= 0.6 is 0 Å². The van der Waals surface area contributed by atoms with Gasteiger partial charge in [-0.3, -0.25) is 9.97 Å². The first-order valence-corrected chi connectivity index (χ1v) is 11.7. The van der Waals surface area contributed by atoms with Gasteiger partial charge in [0, 0.05) is 69.1 Å².